The van der Waals surface area contributed by atoms with Gasteiger partial charge in [-0.05, 0) is 19.1 Å². The molecule has 0 saturated heterocycles. The van der Waals surface area contributed by atoms with E-state index in [0.29, 0.717) is 21.5 Å². The third kappa shape index (κ3) is 4.49. The average Bonchev–Trinajstić information content (AvgIpc) is 2.82. The smallest absolute Gasteiger partial charge is 0.174 e. The first-order chi connectivity index (χ1) is 9.56. The van der Waals surface area contributed by atoms with Crippen molar-refractivity contribution in [2.75, 3.05) is 12.4 Å². The molecule has 1 N–H and O–H groups in total. The van der Waals surface area contributed by atoms with Crippen molar-refractivity contribution in [2.24, 2.45) is 0 Å². The van der Waals surface area contributed by atoms with Crippen LogP contribution < -0.4 is 4.74 Å². The molecule has 1 aromatic carbocycles. The van der Waals surface area contributed by atoms with Crippen LogP contribution in [0.3, 0.4) is 0 Å². The van der Waals surface area contributed by atoms with Gasteiger partial charge in [-0.15, -0.1) is 10.2 Å². The Morgan fingerprint density at radius 1 is 1.35 bits per heavy atom. The predicted molar refractivity (Wildman–Crippen MR) is 83.3 cm³/mol. The van der Waals surface area contributed by atoms with Crippen LogP contribution in [0.15, 0.2) is 22.5 Å². The van der Waals surface area contributed by atoms with E-state index in [0.717, 1.165) is 9.35 Å². The summed E-state index contributed by atoms with van der Waals surface area (Å²) in [5.41, 5.74) is 0. The van der Waals surface area contributed by atoms with Crippen LogP contribution in [0.4, 0.5) is 0 Å². The van der Waals surface area contributed by atoms with Gasteiger partial charge in [-0.1, -0.05) is 52.4 Å². The molecule has 1 aromatic heterocycles. The monoisotopic (exact) mass is 350 g/mol. The number of halogens is 2. The lowest BCUT2D eigenvalue weighted by Gasteiger charge is -2.13. The molecule has 20 heavy (non-hydrogen) atoms. The number of hydrogen-bond acceptors (Lipinski definition) is 6. The Morgan fingerprint density at radius 3 is 2.65 bits per heavy atom. The number of thioether (sulfide) groups is 1. The standard InChI is InChI=1S/C12H12Cl2N2O2S2/c1-7-15-16-12(20-7)19-6-8(17)5-18-11-9(13)3-2-4-10(11)14/h2-4,8,17H,5-6H2,1H3. The van der Waals surface area contributed by atoms with E-state index in [1.807, 2.05) is 6.92 Å². The molecule has 0 spiro atoms. The van der Waals surface area contributed by atoms with E-state index in [1.165, 1.54) is 23.1 Å². The molecule has 1 atom stereocenters. The van der Waals surface area contributed by atoms with Gasteiger partial charge in [-0.3, -0.25) is 0 Å². The summed E-state index contributed by atoms with van der Waals surface area (Å²) in [6.07, 6.45) is -0.642. The van der Waals surface area contributed by atoms with Crippen molar-refractivity contribution in [3.05, 3.63) is 33.3 Å². The highest BCUT2D eigenvalue weighted by Gasteiger charge is 2.12. The van der Waals surface area contributed by atoms with E-state index in [2.05, 4.69) is 10.2 Å². The quantitative estimate of drug-likeness (QED) is 0.805. The molecular formula is C12H12Cl2N2O2S2. The van der Waals surface area contributed by atoms with Crippen LogP contribution in [0, 0.1) is 6.92 Å². The highest BCUT2D eigenvalue weighted by molar-refractivity contribution is 8.01. The summed E-state index contributed by atoms with van der Waals surface area (Å²) in [5.74, 6) is 0.864. The molecule has 0 saturated carbocycles. The number of nitrogens with zero attached hydrogens (tertiary/aromatic N) is 2. The van der Waals surface area contributed by atoms with Crippen LogP contribution in [0.2, 0.25) is 10.0 Å². The number of aliphatic hydroxyl groups excluding tert-OH is 1. The van der Waals surface area contributed by atoms with Gasteiger partial charge >= 0.3 is 0 Å². The zero-order chi connectivity index (χ0) is 14.5. The molecule has 4 nitrogen and oxygen atoms in total. The molecule has 2 rings (SSSR count). The van der Waals surface area contributed by atoms with E-state index in [1.54, 1.807) is 18.2 Å². The predicted octanol–water partition coefficient (Wildman–Crippen LogP) is 3.69. The molecule has 0 fully saturated rings. The normalized spacial score (nSPS) is 12.4. The van der Waals surface area contributed by atoms with Gasteiger partial charge in [0.2, 0.25) is 0 Å². The highest BCUT2D eigenvalue weighted by Crippen LogP contribution is 2.32. The Hall–Kier alpha value is -0.530. The number of hydrogen-bond donors (Lipinski definition) is 1. The Balaban J connectivity index is 1.81. The van der Waals surface area contributed by atoms with E-state index in [-0.39, 0.29) is 6.61 Å². The van der Waals surface area contributed by atoms with E-state index in [9.17, 15) is 5.11 Å². The lowest BCUT2D eigenvalue weighted by atomic mass is 10.3. The fourth-order valence-corrected chi connectivity index (χ4v) is 3.61. The summed E-state index contributed by atoms with van der Waals surface area (Å²) in [5, 5.41) is 19.5. The summed E-state index contributed by atoms with van der Waals surface area (Å²) < 4.78 is 6.29. The average molecular weight is 351 g/mol. The lowest BCUT2D eigenvalue weighted by Crippen LogP contribution is -2.20. The number of ether oxygens (including phenoxy) is 1. The maximum Gasteiger partial charge on any atom is 0.174 e. The Kier molecular flexibility index (Phi) is 5.92. The number of benzene rings is 1. The summed E-state index contributed by atoms with van der Waals surface area (Å²) in [6, 6.07) is 5.11. The molecule has 0 aliphatic rings. The second-order valence-electron chi connectivity index (χ2n) is 3.91. The number of aryl methyl sites for hydroxylation is 1. The number of para-hydroxylation sites is 1. The third-order valence-corrected chi connectivity index (χ3v) is 4.96. The molecule has 1 unspecified atom stereocenters. The lowest BCUT2D eigenvalue weighted by molar-refractivity contribution is 0.126. The third-order valence-electron chi connectivity index (χ3n) is 2.25. The first kappa shape index (κ1) is 15.9. The molecular weight excluding hydrogens is 339 g/mol. The van der Waals surface area contributed by atoms with Crippen molar-refractivity contribution in [3.63, 3.8) is 0 Å². The minimum atomic E-state index is -0.642. The molecule has 0 amide bonds. The van der Waals surface area contributed by atoms with Crippen LogP contribution in [0.25, 0.3) is 0 Å². The number of rotatable bonds is 6. The van der Waals surface area contributed by atoms with Gasteiger partial charge in [0.25, 0.3) is 0 Å². The zero-order valence-electron chi connectivity index (χ0n) is 10.5. The summed E-state index contributed by atoms with van der Waals surface area (Å²) in [6.45, 7) is 2.01. The van der Waals surface area contributed by atoms with Crippen LogP contribution in [-0.4, -0.2) is 33.8 Å². The first-order valence-corrected chi connectivity index (χ1v) is 8.30. The molecule has 108 valence electrons. The zero-order valence-corrected chi connectivity index (χ0v) is 13.7. The fourth-order valence-electron chi connectivity index (χ4n) is 1.35. The minimum Gasteiger partial charge on any atom is -0.488 e. The number of aromatic nitrogens is 2. The van der Waals surface area contributed by atoms with Gasteiger partial charge in [0.1, 0.15) is 11.6 Å². The van der Waals surface area contributed by atoms with E-state index >= 15 is 0 Å². The highest BCUT2D eigenvalue weighted by atomic mass is 35.5. The first-order valence-electron chi connectivity index (χ1n) is 5.74. The Bertz CT molecular complexity index is 560. The molecule has 2 aromatic rings. The molecule has 0 aliphatic heterocycles. The van der Waals surface area contributed by atoms with Crippen molar-refractivity contribution in [2.45, 2.75) is 17.4 Å². The Labute approximate surface area is 135 Å². The molecule has 1 heterocycles. The van der Waals surface area contributed by atoms with Crippen LogP contribution in [0.1, 0.15) is 5.01 Å². The molecule has 0 radical (unpaired) electrons. The summed E-state index contributed by atoms with van der Waals surface area (Å²) in [7, 11) is 0. The molecule has 0 aliphatic carbocycles. The topological polar surface area (TPSA) is 55.2 Å². The second-order valence-corrected chi connectivity index (χ2v) is 7.18. The fraction of sp³-hybridized carbons (Fsp3) is 0.333. The van der Waals surface area contributed by atoms with Crippen molar-refractivity contribution in [3.8, 4) is 5.75 Å². The maximum absolute atomic E-state index is 9.88. The van der Waals surface area contributed by atoms with Gasteiger partial charge in [0.15, 0.2) is 10.1 Å². The SMILES string of the molecule is Cc1nnc(SCC(O)COc2c(Cl)cccc2Cl)s1. The van der Waals surface area contributed by atoms with E-state index < -0.39 is 6.10 Å². The van der Waals surface area contributed by atoms with Gasteiger partial charge in [-0.2, -0.15) is 0 Å². The van der Waals surface area contributed by atoms with Crippen molar-refractivity contribution < 1.29 is 9.84 Å². The minimum absolute atomic E-state index is 0.119. The largest absolute Gasteiger partial charge is 0.488 e. The van der Waals surface area contributed by atoms with Gasteiger partial charge < -0.3 is 9.84 Å². The Morgan fingerprint density at radius 2 is 2.05 bits per heavy atom. The summed E-state index contributed by atoms with van der Waals surface area (Å²) in [4.78, 5) is 0. The van der Waals surface area contributed by atoms with Crippen molar-refractivity contribution in [1.82, 2.24) is 10.2 Å². The maximum atomic E-state index is 9.88. The number of aliphatic hydroxyl groups is 1. The van der Waals surface area contributed by atoms with Crippen LogP contribution in [-0.2, 0) is 0 Å². The van der Waals surface area contributed by atoms with Crippen molar-refractivity contribution >= 4 is 46.3 Å². The van der Waals surface area contributed by atoms with Crippen molar-refractivity contribution in [1.29, 1.82) is 0 Å². The molecule has 8 heteroatoms. The summed E-state index contributed by atoms with van der Waals surface area (Å²) >= 11 is 14.9. The molecule has 0 bridgehead atoms. The van der Waals surface area contributed by atoms with Crippen LogP contribution in [0.5, 0.6) is 5.75 Å². The van der Waals surface area contributed by atoms with E-state index in [4.69, 9.17) is 27.9 Å². The van der Waals surface area contributed by atoms with Crippen LogP contribution >= 0.6 is 46.3 Å². The second kappa shape index (κ2) is 7.47. The van der Waals surface area contributed by atoms with Gasteiger partial charge in [0, 0.05) is 5.75 Å². The van der Waals surface area contributed by atoms with Gasteiger partial charge in [0.05, 0.1) is 16.1 Å². The van der Waals surface area contributed by atoms with Gasteiger partial charge in [-0.25, -0.2) is 0 Å².